The topological polar surface area (TPSA) is 54.2 Å². The van der Waals surface area contributed by atoms with Crippen LogP contribution in [-0.4, -0.2) is 29.3 Å². The lowest BCUT2D eigenvalue weighted by Gasteiger charge is -2.12. The van der Waals surface area contributed by atoms with Gasteiger partial charge >= 0.3 is 6.18 Å². The summed E-state index contributed by atoms with van der Waals surface area (Å²) in [5.74, 6) is 0.416. The van der Waals surface area contributed by atoms with Crippen LogP contribution in [0.2, 0.25) is 5.02 Å². The third-order valence-electron chi connectivity index (χ3n) is 3.44. The number of benzene rings is 1. The Labute approximate surface area is 172 Å². The molecule has 0 spiro atoms. The second-order valence-electron chi connectivity index (χ2n) is 5.41. The molecule has 0 saturated carbocycles. The maximum Gasteiger partial charge on any atom is 0.435 e. The summed E-state index contributed by atoms with van der Waals surface area (Å²) in [5, 5.41) is 10.1. The number of nitrogens with one attached hydrogen (secondary N) is 2. The molecule has 10 heteroatoms. The molecule has 0 radical (unpaired) electrons. The van der Waals surface area contributed by atoms with Gasteiger partial charge in [-0.25, -0.2) is 0 Å². The molecule has 2 N–H and O–H groups in total. The van der Waals surface area contributed by atoms with Crippen LogP contribution in [-0.2, 0) is 26.2 Å². The first-order chi connectivity index (χ1) is 11.8. The minimum Gasteiger partial charge on any atom is -0.356 e. The van der Waals surface area contributed by atoms with E-state index in [4.69, 9.17) is 11.6 Å². The molecule has 0 aliphatic rings. The molecule has 0 bridgehead atoms. The summed E-state index contributed by atoms with van der Waals surface area (Å²) in [6.07, 6.45) is -2.43. The van der Waals surface area contributed by atoms with Crippen LogP contribution in [0.1, 0.15) is 16.8 Å². The van der Waals surface area contributed by atoms with E-state index in [1.165, 1.54) is 13.2 Å². The zero-order valence-electron chi connectivity index (χ0n) is 14.3. The largest absolute Gasteiger partial charge is 0.435 e. The predicted molar refractivity (Wildman–Crippen MR) is 107 cm³/mol. The molecule has 5 nitrogen and oxygen atoms in total. The fraction of sp³-hybridized carbons (Fsp3) is 0.375. The Balaban J connectivity index is 0.00000338. The summed E-state index contributed by atoms with van der Waals surface area (Å²) >= 11 is 5.93. The van der Waals surface area contributed by atoms with E-state index in [0.717, 1.165) is 10.2 Å². The van der Waals surface area contributed by atoms with E-state index in [9.17, 15) is 13.2 Å². The minimum atomic E-state index is -4.48. The molecule has 0 saturated heterocycles. The average molecular weight is 502 g/mol. The second-order valence-corrected chi connectivity index (χ2v) is 5.84. The van der Waals surface area contributed by atoms with E-state index in [0.29, 0.717) is 23.9 Å². The second kappa shape index (κ2) is 10.0. The fourth-order valence-electron chi connectivity index (χ4n) is 2.32. The molecule has 0 aliphatic carbocycles. The highest BCUT2D eigenvalue weighted by atomic mass is 127. The molecule has 0 amide bonds. The zero-order chi connectivity index (χ0) is 18.4. The molecule has 2 rings (SSSR count). The van der Waals surface area contributed by atoms with Crippen LogP contribution in [0.5, 0.6) is 0 Å². The van der Waals surface area contributed by atoms with E-state index >= 15 is 0 Å². The van der Waals surface area contributed by atoms with E-state index in [1.54, 1.807) is 13.1 Å². The monoisotopic (exact) mass is 501 g/mol. The first kappa shape index (κ1) is 22.6. The lowest BCUT2D eigenvalue weighted by molar-refractivity contribution is -0.142. The number of alkyl halides is 3. The van der Waals surface area contributed by atoms with Crippen molar-refractivity contribution in [3.63, 3.8) is 0 Å². The van der Waals surface area contributed by atoms with Gasteiger partial charge in [-0.15, -0.1) is 24.0 Å². The fourth-order valence-corrected chi connectivity index (χ4v) is 2.54. The van der Waals surface area contributed by atoms with Crippen molar-refractivity contribution >= 4 is 41.5 Å². The molecular formula is C16H20ClF3IN5. The molecule has 1 aromatic carbocycles. The predicted octanol–water partition coefficient (Wildman–Crippen LogP) is 3.62. The van der Waals surface area contributed by atoms with Gasteiger partial charge < -0.3 is 10.6 Å². The van der Waals surface area contributed by atoms with E-state index < -0.39 is 11.9 Å². The summed E-state index contributed by atoms with van der Waals surface area (Å²) in [6, 6.07) is 7.48. The van der Waals surface area contributed by atoms with Gasteiger partial charge in [-0.05, 0) is 24.1 Å². The summed E-state index contributed by atoms with van der Waals surface area (Å²) in [5.41, 5.74) is 0.228. The van der Waals surface area contributed by atoms with Gasteiger partial charge in [0.2, 0.25) is 0 Å². The molecule has 144 valence electrons. The number of guanidine groups is 1. The number of halogens is 5. The Morgan fingerprint density at radius 1 is 1.31 bits per heavy atom. The molecule has 26 heavy (non-hydrogen) atoms. The van der Waals surface area contributed by atoms with Crippen molar-refractivity contribution in [2.24, 2.45) is 12.0 Å². The highest BCUT2D eigenvalue weighted by Gasteiger charge is 2.36. The van der Waals surface area contributed by atoms with Gasteiger partial charge in [0, 0.05) is 44.0 Å². The molecule has 0 unspecified atom stereocenters. The number of hydrogen-bond acceptors (Lipinski definition) is 2. The Morgan fingerprint density at radius 2 is 2.04 bits per heavy atom. The minimum absolute atomic E-state index is 0. The van der Waals surface area contributed by atoms with Gasteiger partial charge in [-0.1, -0.05) is 23.7 Å². The van der Waals surface area contributed by atoms with Crippen LogP contribution >= 0.6 is 35.6 Å². The van der Waals surface area contributed by atoms with Gasteiger partial charge in [0.1, 0.15) is 0 Å². The average Bonchev–Trinajstić information content (AvgIpc) is 2.92. The standard InChI is InChI=1S/C16H19ClF3N5.HI/c1-21-15(22-7-6-11-4-3-5-13(17)8-11)23-9-12-10-25(2)24-14(12)16(18,19)20;/h3-5,8,10H,6-7,9H2,1-2H3,(H2,21,22,23);1H. The van der Waals surface area contributed by atoms with Gasteiger partial charge in [0.15, 0.2) is 11.7 Å². The summed E-state index contributed by atoms with van der Waals surface area (Å²) in [6.45, 7) is 0.540. The summed E-state index contributed by atoms with van der Waals surface area (Å²) in [7, 11) is 3.01. The maximum absolute atomic E-state index is 12.9. The van der Waals surface area contributed by atoms with Gasteiger partial charge in [-0.3, -0.25) is 9.67 Å². The number of aliphatic imine (C=N–C) groups is 1. The molecule has 1 heterocycles. The molecular weight excluding hydrogens is 482 g/mol. The van der Waals surface area contributed by atoms with Crippen LogP contribution in [0.25, 0.3) is 0 Å². The molecule has 0 fully saturated rings. The number of rotatable bonds is 5. The molecule has 0 aliphatic heterocycles. The molecule has 1 aromatic heterocycles. The maximum atomic E-state index is 12.9. The van der Waals surface area contributed by atoms with Crippen molar-refractivity contribution in [1.29, 1.82) is 0 Å². The zero-order valence-corrected chi connectivity index (χ0v) is 17.4. The van der Waals surface area contributed by atoms with E-state index in [2.05, 4.69) is 20.7 Å². The van der Waals surface area contributed by atoms with Crippen LogP contribution in [0.4, 0.5) is 13.2 Å². The van der Waals surface area contributed by atoms with Crippen LogP contribution in [0, 0.1) is 0 Å². The van der Waals surface area contributed by atoms with Crippen molar-refractivity contribution in [3.8, 4) is 0 Å². The Morgan fingerprint density at radius 3 is 2.65 bits per heavy atom. The summed E-state index contributed by atoms with van der Waals surface area (Å²) < 4.78 is 39.9. The lowest BCUT2D eigenvalue weighted by Crippen LogP contribution is -2.38. The SMILES string of the molecule is CN=C(NCCc1cccc(Cl)c1)NCc1cn(C)nc1C(F)(F)F.I. The Hall–Kier alpha value is -1.49. The van der Waals surface area contributed by atoms with Crippen molar-refractivity contribution in [2.45, 2.75) is 19.1 Å². The van der Waals surface area contributed by atoms with Gasteiger partial charge in [0.05, 0.1) is 0 Å². The van der Waals surface area contributed by atoms with Crippen LogP contribution in [0.15, 0.2) is 35.5 Å². The number of aryl methyl sites for hydroxylation is 1. The number of aromatic nitrogens is 2. The van der Waals surface area contributed by atoms with Gasteiger partial charge in [0.25, 0.3) is 0 Å². The summed E-state index contributed by atoms with van der Waals surface area (Å²) in [4.78, 5) is 4.01. The van der Waals surface area contributed by atoms with Crippen molar-refractivity contribution in [2.75, 3.05) is 13.6 Å². The lowest BCUT2D eigenvalue weighted by atomic mass is 10.1. The molecule has 0 atom stereocenters. The third-order valence-corrected chi connectivity index (χ3v) is 3.67. The van der Waals surface area contributed by atoms with Crippen LogP contribution in [0.3, 0.4) is 0 Å². The highest BCUT2D eigenvalue weighted by Crippen LogP contribution is 2.30. The Bertz CT molecular complexity index is 746. The highest BCUT2D eigenvalue weighted by molar-refractivity contribution is 14.0. The smallest absolute Gasteiger partial charge is 0.356 e. The molecule has 2 aromatic rings. The van der Waals surface area contributed by atoms with Crippen LogP contribution < -0.4 is 10.6 Å². The third kappa shape index (κ3) is 6.67. The van der Waals surface area contributed by atoms with E-state index in [-0.39, 0.29) is 36.1 Å². The first-order valence-electron chi connectivity index (χ1n) is 7.58. The van der Waals surface area contributed by atoms with E-state index in [1.807, 2.05) is 18.2 Å². The Kier molecular flexibility index (Phi) is 8.68. The van der Waals surface area contributed by atoms with Crippen molar-refractivity contribution in [3.05, 3.63) is 52.3 Å². The number of hydrogen-bond donors (Lipinski definition) is 2. The van der Waals surface area contributed by atoms with Gasteiger partial charge in [-0.2, -0.15) is 18.3 Å². The first-order valence-corrected chi connectivity index (χ1v) is 7.96. The van der Waals surface area contributed by atoms with Crippen molar-refractivity contribution < 1.29 is 13.2 Å². The van der Waals surface area contributed by atoms with Crippen molar-refractivity contribution in [1.82, 2.24) is 20.4 Å². The normalized spacial score (nSPS) is 11.8. The quantitative estimate of drug-likeness (QED) is 0.374. The number of nitrogens with zero attached hydrogens (tertiary/aromatic N) is 3.